The van der Waals surface area contributed by atoms with Crippen LogP contribution in [0.2, 0.25) is 0 Å². The lowest BCUT2D eigenvalue weighted by atomic mass is 9.93. The molecule has 0 aromatic heterocycles. The number of fused-ring (bicyclic) bond motifs is 2. The smallest absolute Gasteiger partial charge is 0.414 e. The predicted octanol–water partition coefficient (Wildman–Crippen LogP) is 7.73. The fourth-order valence-electron chi connectivity index (χ4n) is 5.82. The Morgan fingerprint density at radius 2 is 1.02 bits per heavy atom. The number of hydrogen-bond acceptors (Lipinski definition) is 7. The molecule has 9 heteroatoms. The molecular formula is C39H36N2O7. The van der Waals surface area contributed by atoms with Crippen molar-refractivity contribution >= 4 is 41.4 Å². The number of anilines is 2. The highest BCUT2D eigenvalue weighted by molar-refractivity contribution is 6.09. The molecule has 0 spiro atoms. The van der Waals surface area contributed by atoms with E-state index in [2.05, 4.69) is 6.58 Å². The van der Waals surface area contributed by atoms with Crippen LogP contribution >= 0.6 is 0 Å². The Kier molecular flexibility index (Phi) is 11.3. The van der Waals surface area contributed by atoms with Crippen molar-refractivity contribution in [3.8, 4) is 0 Å². The largest absolute Gasteiger partial charge is 0.444 e. The summed E-state index contributed by atoms with van der Waals surface area (Å²) in [5, 5.41) is 0. The molecule has 4 aromatic carbocycles. The molecule has 2 aliphatic rings. The average molecular weight is 645 g/mol. The molecule has 6 rings (SSSR count). The fourth-order valence-corrected chi connectivity index (χ4v) is 5.82. The van der Waals surface area contributed by atoms with Crippen LogP contribution in [0.4, 0.5) is 21.0 Å². The topological polar surface area (TPSA) is 110 Å². The average Bonchev–Trinajstić information content (AvgIpc) is 3.11. The van der Waals surface area contributed by atoms with Gasteiger partial charge in [0.1, 0.15) is 19.5 Å². The van der Waals surface area contributed by atoms with E-state index < -0.39 is 18.2 Å². The Hall–Kier alpha value is -5.83. The number of benzene rings is 4. The Morgan fingerprint density at radius 1 is 0.625 bits per heavy atom. The van der Waals surface area contributed by atoms with Crippen LogP contribution < -0.4 is 9.80 Å². The number of amides is 2. The third-order valence-electron chi connectivity index (χ3n) is 8.11. The van der Waals surface area contributed by atoms with Crippen molar-refractivity contribution in [2.75, 3.05) is 9.80 Å². The van der Waals surface area contributed by atoms with Crippen LogP contribution in [0.1, 0.15) is 57.5 Å². The van der Waals surface area contributed by atoms with E-state index in [1.165, 1.54) is 4.90 Å². The van der Waals surface area contributed by atoms with Gasteiger partial charge in [-0.2, -0.15) is 0 Å². The monoisotopic (exact) mass is 644 g/mol. The summed E-state index contributed by atoms with van der Waals surface area (Å²) >= 11 is 0. The van der Waals surface area contributed by atoms with E-state index in [4.69, 9.17) is 9.47 Å². The summed E-state index contributed by atoms with van der Waals surface area (Å²) in [6.07, 6.45) is 2.50. The highest BCUT2D eigenvalue weighted by Crippen LogP contribution is 2.34. The molecular weight excluding hydrogens is 608 g/mol. The van der Waals surface area contributed by atoms with Gasteiger partial charge in [0.15, 0.2) is 11.6 Å². The van der Waals surface area contributed by atoms with Gasteiger partial charge in [-0.25, -0.2) is 9.59 Å². The van der Waals surface area contributed by atoms with Gasteiger partial charge in [0.2, 0.25) is 0 Å². The van der Waals surface area contributed by atoms with Crippen molar-refractivity contribution in [1.82, 2.24) is 0 Å². The summed E-state index contributed by atoms with van der Waals surface area (Å²) in [5.74, 6) is -0.0193. The number of ketones is 2. The standard InChI is InChI=1S/C20H19NO3.C19H17NO4/c1-2-8-16-13-19(22)17-11-6-7-12-18(17)21(16)20(23)24-14-15-9-4-3-5-10-15;21-11-10-15-12-18(22)16-8-4-5-9-17(16)20(15)19(23)24-13-14-6-2-1-3-7-14/h2-7,9-12,16H,1,8,13-14H2;1-9,11,15H,10,12-13H2. The lowest BCUT2D eigenvalue weighted by molar-refractivity contribution is -0.108. The molecule has 2 amide bonds. The van der Waals surface area contributed by atoms with Gasteiger partial charge in [-0.1, -0.05) is 91.0 Å². The first-order valence-corrected chi connectivity index (χ1v) is 15.7. The lowest BCUT2D eigenvalue weighted by Crippen LogP contribution is -2.46. The van der Waals surface area contributed by atoms with Crippen molar-refractivity contribution < 1.29 is 33.4 Å². The van der Waals surface area contributed by atoms with Gasteiger partial charge in [0.25, 0.3) is 0 Å². The molecule has 0 fully saturated rings. The van der Waals surface area contributed by atoms with E-state index in [9.17, 15) is 24.0 Å². The third kappa shape index (κ3) is 7.93. The molecule has 48 heavy (non-hydrogen) atoms. The van der Waals surface area contributed by atoms with Crippen LogP contribution in [0.3, 0.4) is 0 Å². The van der Waals surface area contributed by atoms with Crippen LogP contribution in [0.15, 0.2) is 122 Å². The number of Topliss-reactive ketones (excluding diaryl/α,β-unsaturated/α-hetero) is 2. The van der Waals surface area contributed by atoms with E-state index >= 15 is 0 Å². The Bertz CT molecular complexity index is 1640. The summed E-state index contributed by atoms with van der Waals surface area (Å²) in [6, 6.07) is 32.2. The number of ether oxygens (including phenoxy) is 2. The SMILES string of the molecule is C=CCC1CC(=O)c2ccccc2N1C(=O)OCc1ccccc1.O=CCC1CC(=O)c2ccccc2N1C(=O)OCc1ccccc1. The molecule has 244 valence electrons. The first-order valence-electron chi connectivity index (χ1n) is 15.7. The second-order valence-electron chi connectivity index (χ2n) is 11.3. The van der Waals surface area contributed by atoms with Gasteiger partial charge in [-0.05, 0) is 41.8 Å². The third-order valence-corrected chi connectivity index (χ3v) is 8.11. The van der Waals surface area contributed by atoms with Crippen molar-refractivity contribution in [2.24, 2.45) is 0 Å². The number of rotatable bonds is 8. The van der Waals surface area contributed by atoms with Crippen LogP contribution in [-0.4, -0.2) is 42.1 Å². The molecule has 0 bridgehead atoms. The van der Waals surface area contributed by atoms with E-state index in [1.807, 2.05) is 66.7 Å². The van der Waals surface area contributed by atoms with Crippen molar-refractivity contribution in [3.05, 3.63) is 144 Å². The van der Waals surface area contributed by atoms with E-state index in [0.29, 0.717) is 28.9 Å². The zero-order valence-electron chi connectivity index (χ0n) is 26.4. The second-order valence-corrected chi connectivity index (χ2v) is 11.3. The number of hydrogen-bond donors (Lipinski definition) is 0. The number of aldehydes is 1. The molecule has 0 saturated heterocycles. The summed E-state index contributed by atoms with van der Waals surface area (Å²) in [5.41, 5.74) is 3.95. The molecule has 0 N–H and O–H groups in total. The molecule has 4 aromatic rings. The molecule has 2 aliphatic heterocycles. The zero-order chi connectivity index (χ0) is 33.9. The van der Waals surface area contributed by atoms with Crippen molar-refractivity contribution in [3.63, 3.8) is 0 Å². The second kappa shape index (κ2) is 16.1. The Morgan fingerprint density at radius 3 is 1.44 bits per heavy atom. The Balaban J connectivity index is 0.000000188. The van der Waals surface area contributed by atoms with Gasteiger partial charge < -0.3 is 14.3 Å². The predicted molar refractivity (Wildman–Crippen MR) is 182 cm³/mol. The van der Waals surface area contributed by atoms with Gasteiger partial charge >= 0.3 is 12.2 Å². The Labute approximate surface area is 279 Å². The quantitative estimate of drug-likeness (QED) is 0.143. The minimum atomic E-state index is -0.550. The molecule has 0 saturated carbocycles. The molecule has 2 heterocycles. The maximum atomic E-state index is 12.7. The molecule has 2 atom stereocenters. The van der Waals surface area contributed by atoms with E-state index in [1.54, 1.807) is 53.4 Å². The lowest BCUT2D eigenvalue weighted by Gasteiger charge is -2.35. The summed E-state index contributed by atoms with van der Waals surface area (Å²) in [4.78, 5) is 63.8. The molecule has 0 radical (unpaired) electrons. The van der Waals surface area contributed by atoms with Crippen molar-refractivity contribution in [2.45, 2.75) is 51.0 Å². The highest BCUT2D eigenvalue weighted by Gasteiger charge is 2.36. The first kappa shape index (κ1) is 33.5. The maximum absolute atomic E-state index is 12.7. The van der Waals surface area contributed by atoms with Crippen molar-refractivity contribution in [1.29, 1.82) is 0 Å². The normalized spacial score (nSPS) is 16.4. The molecule has 9 nitrogen and oxygen atoms in total. The van der Waals surface area contributed by atoms with Crippen LogP contribution in [0.25, 0.3) is 0 Å². The molecule has 0 aliphatic carbocycles. The highest BCUT2D eigenvalue weighted by atomic mass is 16.6. The summed E-state index contributed by atoms with van der Waals surface area (Å²) < 4.78 is 10.9. The van der Waals surface area contributed by atoms with Gasteiger partial charge in [0, 0.05) is 30.4 Å². The van der Waals surface area contributed by atoms with Gasteiger partial charge in [0.05, 0.1) is 23.5 Å². The minimum Gasteiger partial charge on any atom is -0.444 e. The zero-order valence-corrected chi connectivity index (χ0v) is 26.4. The van der Waals surface area contributed by atoms with Crippen LogP contribution in [0.5, 0.6) is 0 Å². The molecule has 2 unspecified atom stereocenters. The minimum absolute atomic E-state index is 0.0459. The fraction of sp³-hybridized carbons (Fsp3) is 0.205. The van der Waals surface area contributed by atoms with E-state index in [0.717, 1.165) is 17.4 Å². The van der Waals surface area contributed by atoms with Crippen LogP contribution in [-0.2, 0) is 27.5 Å². The van der Waals surface area contributed by atoms with Crippen LogP contribution in [0, 0.1) is 0 Å². The number of nitrogens with zero attached hydrogens (tertiary/aromatic N) is 2. The van der Waals surface area contributed by atoms with E-state index in [-0.39, 0.29) is 50.1 Å². The number of carbonyl (C=O) groups is 5. The summed E-state index contributed by atoms with van der Waals surface area (Å²) in [7, 11) is 0. The maximum Gasteiger partial charge on any atom is 0.414 e. The number of para-hydroxylation sites is 2. The van der Waals surface area contributed by atoms with Gasteiger partial charge in [-0.3, -0.25) is 19.4 Å². The first-order chi connectivity index (χ1) is 23.4. The summed E-state index contributed by atoms with van der Waals surface area (Å²) in [6.45, 7) is 4.07. The number of carbonyl (C=O) groups excluding carboxylic acids is 5. The van der Waals surface area contributed by atoms with Gasteiger partial charge in [-0.15, -0.1) is 6.58 Å².